The van der Waals surface area contributed by atoms with Crippen molar-refractivity contribution >= 4 is 23.1 Å². The molecule has 2 aromatic heterocycles. The maximum Gasteiger partial charge on any atom is 0.355 e. The molecule has 1 N–H and O–H groups in total. The third-order valence-corrected chi connectivity index (χ3v) is 5.12. The number of nitrogens with one attached hydrogen (secondary N) is 1. The van der Waals surface area contributed by atoms with Crippen LogP contribution in [-0.2, 0) is 6.54 Å². The van der Waals surface area contributed by atoms with Crippen molar-refractivity contribution in [2.75, 3.05) is 43.6 Å². The summed E-state index contributed by atoms with van der Waals surface area (Å²) in [5, 5.41) is 14.1. The van der Waals surface area contributed by atoms with E-state index in [0.29, 0.717) is 12.4 Å². The van der Waals surface area contributed by atoms with E-state index in [4.69, 9.17) is 0 Å². The molecule has 0 atom stereocenters. The second-order valence-electron chi connectivity index (χ2n) is 7.31. The van der Waals surface area contributed by atoms with Crippen LogP contribution in [0.1, 0.15) is 5.56 Å². The molecule has 10 nitrogen and oxygen atoms in total. The van der Waals surface area contributed by atoms with Crippen LogP contribution in [0.2, 0.25) is 0 Å². The van der Waals surface area contributed by atoms with Gasteiger partial charge in [0.05, 0.1) is 11.5 Å². The minimum Gasteiger partial charge on any atom is -0.304 e. The molecule has 0 radical (unpaired) electrons. The molecule has 0 bridgehead atoms. The van der Waals surface area contributed by atoms with Gasteiger partial charge >= 0.3 is 5.69 Å². The number of rotatable bonds is 7. The summed E-state index contributed by atoms with van der Waals surface area (Å²) in [6.07, 6.45) is 3.01. The molecular weight excluding hydrogens is 396 g/mol. The summed E-state index contributed by atoms with van der Waals surface area (Å²) in [7, 11) is 2.05. The van der Waals surface area contributed by atoms with Gasteiger partial charge in [-0.2, -0.15) is 0 Å². The van der Waals surface area contributed by atoms with Crippen molar-refractivity contribution in [1.82, 2.24) is 24.9 Å². The lowest BCUT2D eigenvalue weighted by Crippen LogP contribution is -2.47. The smallest absolute Gasteiger partial charge is 0.304 e. The molecule has 1 fully saturated rings. The molecule has 1 aliphatic rings. The third-order valence-electron chi connectivity index (χ3n) is 5.12. The Morgan fingerprint density at radius 1 is 1.03 bits per heavy atom. The first-order valence-corrected chi connectivity index (χ1v) is 10.0. The first kappa shape index (κ1) is 20.6. The fraction of sp³-hybridized carbons (Fsp3) is 0.286. The SMILES string of the molecule is CN1CCN(Nc2ncnc(N(Cc3ccccc3)c3ccccn3)c2[N+](=O)[O-])CC1. The van der Waals surface area contributed by atoms with Gasteiger partial charge in [-0.15, -0.1) is 0 Å². The highest BCUT2D eigenvalue weighted by atomic mass is 16.6. The highest BCUT2D eigenvalue weighted by molar-refractivity contribution is 5.74. The van der Waals surface area contributed by atoms with Gasteiger partial charge in [-0.05, 0) is 24.7 Å². The van der Waals surface area contributed by atoms with Gasteiger partial charge < -0.3 is 9.80 Å². The van der Waals surface area contributed by atoms with Crippen molar-refractivity contribution < 1.29 is 4.92 Å². The summed E-state index contributed by atoms with van der Waals surface area (Å²) in [6, 6.07) is 15.2. The summed E-state index contributed by atoms with van der Waals surface area (Å²) < 4.78 is 0. The standard InChI is InChI=1S/C21H24N8O2/c1-26-11-13-27(14-12-26)25-20-19(29(30)31)21(24-16-23-20)28(18-9-5-6-10-22-18)15-17-7-3-2-4-8-17/h2-10,16H,11-15H2,1H3,(H,23,24,25). The number of likely N-dealkylation sites (N-methyl/N-ethyl adjacent to an activating group) is 1. The van der Waals surface area contributed by atoms with E-state index in [0.717, 1.165) is 31.7 Å². The fourth-order valence-corrected chi connectivity index (χ4v) is 3.43. The number of benzene rings is 1. The van der Waals surface area contributed by atoms with Crippen molar-refractivity contribution in [3.63, 3.8) is 0 Å². The van der Waals surface area contributed by atoms with Gasteiger partial charge in [-0.25, -0.2) is 20.0 Å². The molecule has 31 heavy (non-hydrogen) atoms. The van der Waals surface area contributed by atoms with Gasteiger partial charge in [0.1, 0.15) is 12.1 Å². The molecule has 4 rings (SSSR count). The number of hydrogen-bond acceptors (Lipinski definition) is 9. The summed E-state index contributed by atoms with van der Waals surface area (Å²) in [5.74, 6) is 0.937. The fourth-order valence-electron chi connectivity index (χ4n) is 3.43. The largest absolute Gasteiger partial charge is 0.355 e. The molecule has 1 aliphatic heterocycles. The molecule has 0 saturated carbocycles. The van der Waals surface area contributed by atoms with E-state index in [1.165, 1.54) is 6.33 Å². The Bertz CT molecular complexity index is 1010. The number of nitrogens with zero attached hydrogens (tertiary/aromatic N) is 7. The van der Waals surface area contributed by atoms with E-state index in [2.05, 4.69) is 32.3 Å². The molecule has 0 aliphatic carbocycles. The van der Waals surface area contributed by atoms with Crippen LogP contribution in [0.5, 0.6) is 0 Å². The number of piperazine rings is 1. The lowest BCUT2D eigenvalue weighted by molar-refractivity contribution is -0.383. The zero-order chi connectivity index (χ0) is 21.6. The number of anilines is 3. The molecule has 160 valence electrons. The number of aromatic nitrogens is 3. The van der Waals surface area contributed by atoms with E-state index in [1.54, 1.807) is 17.2 Å². The van der Waals surface area contributed by atoms with Gasteiger partial charge in [0, 0.05) is 32.4 Å². The second kappa shape index (κ2) is 9.45. The van der Waals surface area contributed by atoms with Gasteiger partial charge in [0.2, 0.25) is 11.6 Å². The van der Waals surface area contributed by atoms with Crippen LogP contribution in [0.25, 0.3) is 0 Å². The molecule has 3 heterocycles. The summed E-state index contributed by atoms with van der Waals surface area (Å²) in [4.78, 5) is 28.6. The summed E-state index contributed by atoms with van der Waals surface area (Å²) in [6.45, 7) is 3.59. The maximum atomic E-state index is 12.1. The normalized spacial score (nSPS) is 14.9. The second-order valence-corrected chi connectivity index (χ2v) is 7.31. The summed E-state index contributed by atoms with van der Waals surface area (Å²) >= 11 is 0. The number of pyridine rings is 1. The average molecular weight is 420 g/mol. The number of hydrogen-bond donors (Lipinski definition) is 1. The molecule has 0 unspecified atom stereocenters. The first-order chi connectivity index (χ1) is 15.1. The Morgan fingerprint density at radius 3 is 2.45 bits per heavy atom. The van der Waals surface area contributed by atoms with Crippen molar-refractivity contribution in [2.24, 2.45) is 0 Å². The van der Waals surface area contributed by atoms with Gasteiger partial charge in [0.25, 0.3) is 0 Å². The van der Waals surface area contributed by atoms with Crippen molar-refractivity contribution in [2.45, 2.75) is 6.54 Å². The highest BCUT2D eigenvalue weighted by Gasteiger charge is 2.30. The lowest BCUT2D eigenvalue weighted by Gasteiger charge is -2.32. The minimum atomic E-state index is -0.436. The Kier molecular flexibility index (Phi) is 6.29. The topological polar surface area (TPSA) is 104 Å². The Labute approximate surface area is 180 Å². The highest BCUT2D eigenvalue weighted by Crippen LogP contribution is 2.36. The Hall–Kier alpha value is -3.63. The Morgan fingerprint density at radius 2 is 1.77 bits per heavy atom. The van der Waals surface area contributed by atoms with Crippen LogP contribution in [0.3, 0.4) is 0 Å². The predicted molar refractivity (Wildman–Crippen MR) is 118 cm³/mol. The van der Waals surface area contributed by atoms with E-state index in [9.17, 15) is 10.1 Å². The molecule has 3 aromatic rings. The van der Waals surface area contributed by atoms with Crippen molar-refractivity contribution in [3.8, 4) is 0 Å². The van der Waals surface area contributed by atoms with E-state index in [-0.39, 0.29) is 17.3 Å². The van der Waals surface area contributed by atoms with Crippen LogP contribution in [0.4, 0.5) is 23.1 Å². The third kappa shape index (κ3) is 4.93. The van der Waals surface area contributed by atoms with Crippen LogP contribution < -0.4 is 10.3 Å². The zero-order valence-corrected chi connectivity index (χ0v) is 17.3. The summed E-state index contributed by atoms with van der Waals surface area (Å²) in [5.41, 5.74) is 3.93. The van der Waals surface area contributed by atoms with Crippen LogP contribution in [0, 0.1) is 10.1 Å². The first-order valence-electron chi connectivity index (χ1n) is 10.0. The molecule has 0 amide bonds. The minimum absolute atomic E-state index is 0.175. The average Bonchev–Trinajstić information content (AvgIpc) is 2.80. The maximum absolute atomic E-state index is 12.1. The van der Waals surface area contributed by atoms with Crippen molar-refractivity contribution in [1.29, 1.82) is 0 Å². The van der Waals surface area contributed by atoms with Crippen molar-refractivity contribution in [3.05, 3.63) is 76.7 Å². The van der Waals surface area contributed by atoms with Gasteiger partial charge in [0.15, 0.2) is 0 Å². The quantitative estimate of drug-likeness (QED) is 0.456. The van der Waals surface area contributed by atoms with Gasteiger partial charge in [-0.3, -0.25) is 15.5 Å². The van der Waals surface area contributed by atoms with E-state index in [1.807, 2.05) is 47.5 Å². The number of hydrazine groups is 1. The molecule has 10 heteroatoms. The van der Waals surface area contributed by atoms with Crippen LogP contribution in [0.15, 0.2) is 61.1 Å². The predicted octanol–water partition coefficient (Wildman–Crippen LogP) is 2.69. The van der Waals surface area contributed by atoms with Crippen LogP contribution in [-0.4, -0.2) is 63.0 Å². The number of nitro groups is 1. The molecule has 1 aromatic carbocycles. The molecule has 1 saturated heterocycles. The molecular formula is C21H24N8O2. The Balaban J connectivity index is 1.73. The lowest BCUT2D eigenvalue weighted by atomic mass is 10.2. The zero-order valence-electron chi connectivity index (χ0n) is 17.3. The van der Waals surface area contributed by atoms with E-state index < -0.39 is 4.92 Å². The van der Waals surface area contributed by atoms with Crippen LogP contribution >= 0.6 is 0 Å². The van der Waals surface area contributed by atoms with E-state index >= 15 is 0 Å². The van der Waals surface area contributed by atoms with Gasteiger partial charge in [-0.1, -0.05) is 36.4 Å². The molecule has 0 spiro atoms. The monoisotopic (exact) mass is 420 g/mol.